The van der Waals surface area contributed by atoms with Crippen LogP contribution in [-0.2, 0) is 20.8 Å². The Kier molecular flexibility index (Phi) is 7.64. The average Bonchev–Trinajstić information content (AvgIpc) is 3.35. The summed E-state index contributed by atoms with van der Waals surface area (Å²) in [6, 6.07) is 0.371. The lowest BCUT2D eigenvalue weighted by molar-refractivity contribution is -0.134. The van der Waals surface area contributed by atoms with Crippen molar-refractivity contribution in [3.8, 4) is 0 Å². The molecule has 150 valence electrons. The highest BCUT2D eigenvalue weighted by Crippen LogP contribution is 2.39. The van der Waals surface area contributed by atoms with Gasteiger partial charge >= 0.3 is 0 Å². The third kappa shape index (κ3) is 6.53. The number of thioether (sulfide) groups is 1. The van der Waals surface area contributed by atoms with Crippen molar-refractivity contribution in [3.63, 3.8) is 0 Å². The smallest absolute Gasteiger partial charge is 0.239 e. The van der Waals surface area contributed by atoms with Gasteiger partial charge < -0.3 is 20.5 Å². The number of nitrogens with zero attached hydrogens (tertiary/aromatic N) is 4. The summed E-state index contributed by atoms with van der Waals surface area (Å²) in [4.78, 5) is 37.0. The third-order valence-corrected chi connectivity index (χ3v) is 5.01. The Hall–Kier alpha value is -2.10. The van der Waals surface area contributed by atoms with Gasteiger partial charge in [-0.2, -0.15) is 0 Å². The minimum absolute atomic E-state index is 0.0385. The number of aromatic nitrogens is 3. The number of amides is 3. The lowest BCUT2D eigenvalue weighted by atomic mass is 10.3. The average molecular weight is 397 g/mol. The predicted molar refractivity (Wildman–Crippen MR) is 102 cm³/mol. The van der Waals surface area contributed by atoms with Crippen molar-refractivity contribution in [1.29, 1.82) is 0 Å². The van der Waals surface area contributed by atoms with E-state index in [1.54, 1.807) is 0 Å². The van der Waals surface area contributed by atoms with Gasteiger partial charge in [-0.25, -0.2) is 0 Å². The zero-order valence-electron chi connectivity index (χ0n) is 16.1. The molecule has 1 aliphatic carbocycles. The molecular weight excluding hydrogens is 368 g/mol. The maximum atomic E-state index is 12.5. The summed E-state index contributed by atoms with van der Waals surface area (Å²) in [5.74, 6) is 0.257. The molecule has 1 aromatic heterocycles. The Morgan fingerprint density at radius 3 is 2.59 bits per heavy atom. The molecule has 0 atom stereocenters. The van der Waals surface area contributed by atoms with E-state index in [-0.39, 0.29) is 42.5 Å². The van der Waals surface area contributed by atoms with E-state index >= 15 is 0 Å². The molecule has 0 spiro atoms. The lowest BCUT2D eigenvalue weighted by Gasteiger charge is -2.21. The van der Waals surface area contributed by atoms with Crippen LogP contribution in [0.15, 0.2) is 5.16 Å². The normalized spacial score (nSPS) is 13.6. The first-order valence-electron chi connectivity index (χ1n) is 9.23. The zero-order chi connectivity index (χ0) is 20.0. The lowest BCUT2D eigenvalue weighted by Crippen LogP contribution is -2.43. The molecule has 3 amide bonds. The topological polar surface area (TPSA) is 123 Å². The highest BCUT2D eigenvalue weighted by atomic mass is 32.2. The highest BCUT2D eigenvalue weighted by Gasteiger charge is 2.30. The summed E-state index contributed by atoms with van der Waals surface area (Å²) in [5, 5.41) is 11.8. The Balaban J connectivity index is 1.95. The number of hydrogen-bond donors (Lipinski definition) is 2. The fourth-order valence-corrected chi connectivity index (χ4v) is 3.57. The molecule has 9 nitrogen and oxygen atoms in total. The van der Waals surface area contributed by atoms with E-state index in [0.29, 0.717) is 24.2 Å². The minimum Gasteiger partial charge on any atom is -0.370 e. The summed E-state index contributed by atoms with van der Waals surface area (Å²) < 4.78 is 2.02. The van der Waals surface area contributed by atoms with Gasteiger partial charge in [0.1, 0.15) is 5.82 Å². The maximum absolute atomic E-state index is 12.5. The van der Waals surface area contributed by atoms with Crippen LogP contribution in [0, 0.1) is 0 Å². The standard InChI is InChI=1S/C17H28N6O3S/c1-4-22(9-15(25)19-11(2)3)16(26)10-27-17-21-20-14(8-7-13(18)24)23(17)12-5-6-12/h11-12H,4-10H2,1-3H3,(H2,18,24)(H,19,25). The molecule has 27 heavy (non-hydrogen) atoms. The molecule has 0 bridgehead atoms. The Morgan fingerprint density at radius 2 is 2.04 bits per heavy atom. The van der Waals surface area contributed by atoms with E-state index in [1.165, 1.54) is 16.7 Å². The molecule has 0 unspecified atom stereocenters. The second-order valence-electron chi connectivity index (χ2n) is 6.89. The number of likely N-dealkylation sites (N-methyl/N-ethyl adjacent to an activating group) is 1. The summed E-state index contributed by atoms with van der Waals surface area (Å²) in [5.41, 5.74) is 5.22. The van der Waals surface area contributed by atoms with Crippen molar-refractivity contribution in [1.82, 2.24) is 25.0 Å². The largest absolute Gasteiger partial charge is 0.370 e. The van der Waals surface area contributed by atoms with E-state index in [9.17, 15) is 14.4 Å². The second-order valence-corrected chi connectivity index (χ2v) is 7.83. The van der Waals surface area contributed by atoms with Crippen molar-refractivity contribution in [2.75, 3.05) is 18.8 Å². The fourth-order valence-electron chi connectivity index (χ4n) is 2.65. The number of carbonyl (C=O) groups excluding carboxylic acids is 3. The molecule has 0 aliphatic heterocycles. The Morgan fingerprint density at radius 1 is 1.33 bits per heavy atom. The van der Waals surface area contributed by atoms with Crippen LogP contribution < -0.4 is 11.1 Å². The van der Waals surface area contributed by atoms with Crippen LogP contribution in [0.3, 0.4) is 0 Å². The predicted octanol–water partition coefficient (Wildman–Crippen LogP) is 0.496. The van der Waals surface area contributed by atoms with Crippen LogP contribution >= 0.6 is 11.8 Å². The molecule has 1 saturated carbocycles. The van der Waals surface area contributed by atoms with Crippen molar-refractivity contribution < 1.29 is 14.4 Å². The molecule has 1 aromatic rings. The fraction of sp³-hybridized carbons (Fsp3) is 0.706. The molecule has 1 aliphatic rings. The number of aryl methyl sites for hydroxylation is 1. The summed E-state index contributed by atoms with van der Waals surface area (Å²) in [6.45, 7) is 6.12. The van der Waals surface area contributed by atoms with E-state index in [2.05, 4.69) is 15.5 Å². The number of primary amides is 1. The van der Waals surface area contributed by atoms with Crippen molar-refractivity contribution in [2.24, 2.45) is 5.73 Å². The van der Waals surface area contributed by atoms with Gasteiger partial charge in [-0.1, -0.05) is 11.8 Å². The van der Waals surface area contributed by atoms with Crippen molar-refractivity contribution in [3.05, 3.63) is 5.82 Å². The number of rotatable bonds is 11. The minimum atomic E-state index is -0.372. The molecule has 3 N–H and O–H groups in total. The van der Waals surface area contributed by atoms with Gasteiger partial charge in [0.15, 0.2) is 5.16 Å². The summed E-state index contributed by atoms with van der Waals surface area (Å²) >= 11 is 1.31. The van der Waals surface area contributed by atoms with Crippen LogP contribution in [-0.4, -0.2) is 62.3 Å². The zero-order valence-corrected chi connectivity index (χ0v) is 16.9. The first-order valence-corrected chi connectivity index (χ1v) is 10.2. The van der Waals surface area contributed by atoms with Crippen LogP contribution in [0.4, 0.5) is 0 Å². The first-order chi connectivity index (χ1) is 12.8. The Labute approximate surface area is 163 Å². The maximum Gasteiger partial charge on any atom is 0.239 e. The molecule has 1 fully saturated rings. The van der Waals surface area contributed by atoms with Gasteiger partial charge in [0, 0.05) is 31.5 Å². The summed E-state index contributed by atoms with van der Waals surface area (Å²) in [7, 11) is 0. The Bertz CT molecular complexity index is 686. The van der Waals surface area contributed by atoms with Crippen LogP contribution in [0.25, 0.3) is 0 Å². The van der Waals surface area contributed by atoms with Gasteiger partial charge in [0.25, 0.3) is 0 Å². The summed E-state index contributed by atoms with van der Waals surface area (Å²) in [6.07, 6.45) is 2.76. The molecule has 1 heterocycles. The van der Waals surface area contributed by atoms with E-state index in [1.807, 2.05) is 25.3 Å². The van der Waals surface area contributed by atoms with Gasteiger partial charge in [0.2, 0.25) is 17.7 Å². The van der Waals surface area contributed by atoms with Crippen LogP contribution in [0.1, 0.15) is 51.9 Å². The van der Waals surface area contributed by atoms with Gasteiger partial charge in [0.05, 0.1) is 12.3 Å². The van der Waals surface area contributed by atoms with Crippen molar-refractivity contribution in [2.45, 2.75) is 63.7 Å². The van der Waals surface area contributed by atoms with Gasteiger partial charge in [-0.05, 0) is 33.6 Å². The van der Waals surface area contributed by atoms with E-state index in [0.717, 1.165) is 18.7 Å². The first kappa shape index (κ1) is 21.2. The SMILES string of the molecule is CCN(CC(=O)NC(C)C)C(=O)CSc1nnc(CCC(N)=O)n1C1CC1. The molecule has 0 aromatic carbocycles. The quantitative estimate of drug-likeness (QED) is 0.525. The third-order valence-electron chi connectivity index (χ3n) is 4.09. The molecule has 0 radical (unpaired) electrons. The second kappa shape index (κ2) is 9.72. The molecular formula is C17H28N6O3S. The molecule has 0 saturated heterocycles. The van der Waals surface area contributed by atoms with Gasteiger partial charge in [-0.3, -0.25) is 14.4 Å². The molecule has 10 heteroatoms. The molecule has 2 rings (SSSR count). The van der Waals surface area contributed by atoms with Crippen LogP contribution in [0.5, 0.6) is 0 Å². The van der Waals surface area contributed by atoms with E-state index in [4.69, 9.17) is 5.73 Å². The van der Waals surface area contributed by atoms with E-state index < -0.39 is 0 Å². The van der Waals surface area contributed by atoms with Crippen LogP contribution in [0.2, 0.25) is 0 Å². The number of nitrogens with two attached hydrogens (primary N) is 1. The monoisotopic (exact) mass is 396 g/mol. The van der Waals surface area contributed by atoms with Gasteiger partial charge in [-0.15, -0.1) is 10.2 Å². The van der Waals surface area contributed by atoms with Crippen molar-refractivity contribution >= 4 is 29.5 Å². The number of carbonyl (C=O) groups is 3. The highest BCUT2D eigenvalue weighted by molar-refractivity contribution is 7.99. The number of nitrogens with one attached hydrogen (secondary N) is 1. The number of hydrogen-bond acceptors (Lipinski definition) is 6.